The quantitative estimate of drug-likeness (QED) is 0.731. The average Bonchev–Trinajstić information content (AvgIpc) is 3.51. The number of hydrogen-bond acceptors (Lipinski definition) is 6. The molecule has 28 heavy (non-hydrogen) atoms. The summed E-state index contributed by atoms with van der Waals surface area (Å²) in [6, 6.07) is 5.52. The van der Waals surface area contributed by atoms with Crippen molar-refractivity contribution in [3.8, 4) is 0 Å². The molecule has 0 spiro atoms. The highest BCUT2D eigenvalue weighted by Crippen LogP contribution is 2.43. The van der Waals surface area contributed by atoms with E-state index in [1.165, 1.54) is 20.0 Å². The summed E-state index contributed by atoms with van der Waals surface area (Å²) < 4.78 is 14.5. The van der Waals surface area contributed by atoms with Gasteiger partial charge in [0.15, 0.2) is 10.9 Å². The van der Waals surface area contributed by atoms with Crippen molar-refractivity contribution in [2.75, 3.05) is 13.6 Å². The predicted molar refractivity (Wildman–Crippen MR) is 109 cm³/mol. The van der Waals surface area contributed by atoms with Crippen molar-refractivity contribution >= 4 is 28.9 Å². The lowest BCUT2D eigenvalue weighted by Crippen LogP contribution is -2.45. The van der Waals surface area contributed by atoms with Gasteiger partial charge in [0.1, 0.15) is 18.1 Å². The molecule has 0 bridgehead atoms. The fourth-order valence-electron chi connectivity index (χ4n) is 3.56. The van der Waals surface area contributed by atoms with Gasteiger partial charge in [-0.1, -0.05) is 36.5 Å². The first-order valence-electron chi connectivity index (χ1n) is 9.38. The first-order chi connectivity index (χ1) is 13.4. The van der Waals surface area contributed by atoms with E-state index in [9.17, 15) is 18.8 Å². The van der Waals surface area contributed by atoms with Gasteiger partial charge in [-0.2, -0.15) is 0 Å². The number of thioether (sulfide) groups is 1. The number of rotatable bonds is 6. The number of carbonyl (C=O) groups excluding carboxylic acids is 3. The number of benzene rings is 1. The summed E-state index contributed by atoms with van der Waals surface area (Å²) in [5.74, 6) is -1.05. The Balaban J connectivity index is 0.00000136. The lowest BCUT2D eigenvalue weighted by molar-refractivity contribution is -0.126. The first-order valence-corrected chi connectivity index (χ1v) is 10.3. The molecule has 3 rings (SSSR count). The standard InChI is InChI=1S/C20H22FNO3S.CH5N/c1-12-16(11-23)18(26-13(2)24)9-10-22(12)19(20(25)14-7-8-14)15-5-3-4-6-17(15)21;1-2/h3-6,11,14,16,18-19H,1,7-10H2,2H3;2H2,1H3. The fourth-order valence-corrected chi connectivity index (χ4v) is 4.58. The van der Waals surface area contributed by atoms with E-state index in [2.05, 4.69) is 12.3 Å². The second kappa shape index (κ2) is 9.98. The van der Waals surface area contributed by atoms with E-state index in [0.29, 0.717) is 24.2 Å². The summed E-state index contributed by atoms with van der Waals surface area (Å²) in [7, 11) is 1.50. The average molecular weight is 407 g/mol. The molecule has 152 valence electrons. The molecule has 1 aromatic rings. The normalized spacial score (nSPS) is 22.7. The molecular formula is C21H27FN2O3S. The molecule has 1 aliphatic heterocycles. The molecule has 1 saturated carbocycles. The zero-order valence-electron chi connectivity index (χ0n) is 16.3. The highest BCUT2D eigenvalue weighted by Gasteiger charge is 2.43. The largest absolute Gasteiger partial charge is 0.361 e. The summed E-state index contributed by atoms with van der Waals surface area (Å²) in [6.07, 6.45) is 3.00. The molecule has 1 heterocycles. The summed E-state index contributed by atoms with van der Waals surface area (Å²) in [5.41, 5.74) is 5.32. The zero-order chi connectivity index (χ0) is 20.8. The Kier molecular flexibility index (Phi) is 7.95. The Morgan fingerprint density at radius 2 is 1.93 bits per heavy atom. The molecule has 2 N–H and O–H groups in total. The minimum absolute atomic E-state index is 0.0152. The lowest BCUT2D eigenvalue weighted by Gasteiger charge is -2.43. The van der Waals surface area contributed by atoms with Crippen molar-refractivity contribution in [3.05, 3.63) is 47.9 Å². The zero-order valence-corrected chi connectivity index (χ0v) is 17.1. The fraction of sp³-hybridized carbons (Fsp3) is 0.476. The second-order valence-corrected chi connectivity index (χ2v) is 8.30. The van der Waals surface area contributed by atoms with E-state index >= 15 is 0 Å². The van der Waals surface area contributed by atoms with E-state index in [-0.39, 0.29) is 22.1 Å². The maximum Gasteiger partial charge on any atom is 0.186 e. The van der Waals surface area contributed by atoms with Crippen LogP contribution in [0.2, 0.25) is 0 Å². The third-order valence-electron chi connectivity index (χ3n) is 5.03. The van der Waals surface area contributed by atoms with Crippen molar-refractivity contribution < 1.29 is 18.8 Å². The van der Waals surface area contributed by atoms with Crippen LogP contribution in [0.4, 0.5) is 4.39 Å². The van der Waals surface area contributed by atoms with Crippen LogP contribution in [0.3, 0.4) is 0 Å². The first kappa shape index (κ1) is 22.3. The van der Waals surface area contributed by atoms with Crippen molar-refractivity contribution in [3.63, 3.8) is 0 Å². The number of piperidine rings is 1. The highest BCUT2D eigenvalue weighted by molar-refractivity contribution is 8.14. The van der Waals surface area contributed by atoms with Gasteiger partial charge in [0.2, 0.25) is 0 Å². The van der Waals surface area contributed by atoms with Gasteiger partial charge in [-0.3, -0.25) is 9.59 Å². The second-order valence-electron chi connectivity index (χ2n) is 6.88. The van der Waals surface area contributed by atoms with E-state index in [1.54, 1.807) is 23.1 Å². The van der Waals surface area contributed by atoms with Gasteiger partial charge in [-0.05, 0) is 32.4 Å². The number of ketones is 1. The Hall–Kier alpha value is -1.99. The van der Waals surface area contributed by atoms with Crippen LogP contribution in [-0.4, -0.2) is 40.9 Å². The summed E-state index contributed by atoms with van der Waals surface area (Å²) in [4.78, 5) is 37.9. The van der Waals surface area contributed by atoms with E-state index in [1.807, 2.05) is 0 Å². The number of nitrogens with zero attached hydrogens (tertiary/aromatic N) is 1. The van der Waals surface area contributed by atoms with Crippen LogP contribution in [0.15, 0.2) is 36.5 Å². The summed E-state index contributed by atoms with van der Waals surface area (Å²) >= 11 is 1.13. The molecule has 3 unspecified atom stereocenters. The van der Waals surface area contributed by atoms with E-state index < -0.39 is 17.8 Å². The molecule has 0 amide bonds. The van der Waals surface area contributed by atoms with Crippen LogP contribution in [0.1, 0.15) is 37.8 Å². The number of carbonyl (C=O) groups is 3. The monoisotopic (exact) mass is 406 g/mol. The Bertz CT molecular complexity index is 751. The van der Waals surface area contributed by atoms with Crippen LogP contribution < -0.4 is 5.73 Å². The Labute approximate surface area is 169 Å². The van der Waals surface area contributed by atoms with E-state index in [0.717, 1.165) is 30.9 Å². The molecule has 3 atom stereocenters. The molecule has 1 aliphatic carbocycles. The van der Waals surface area contributed by atoms with Gasteiger partial charge in [0.25, 0.3) is 0 Å². The van der Waals surface area contributed by atoms with Gasteiger partial charge in [-0.15, -0.1) is 0 Å². The van der Waals surface area contributed by atoms with Gasteiger partial charge in [0, 0.05) is 35.9 Å². The van der Waals surface area contributed by atoms with Crippen molar-refractivity contribution in [1.82, 2.24) is 4.90 Å². The number of halogens is 1. The van der Waals surface area contributed by atoms with Crippen LogP contribution >= 0.6 is 11.8 Å². The molecule has 2 aliphatic rings. The molecule has 0 radical (unpaired) electrons. The van der Waals surface area contributed by atoms with Crippen molar-refractivity contribution in [2.45, 2.75) is 37.5 Å². The molecule has 0 aromatic heterocycles. The third-order valence-corrected chi connectivity index (χ3v) is 6.20. The molecular weight excluding hydrogens is 379 g/mol. The number of Topliss-reactive ketones (excluding diaryl/α,β-unsaturated/α-hetero) is 1. The lowest BCUT2D eigenvalue weighted by atomic mass is 9.89. The Morgan fingerprint density at radius 3 is 2.46 bits per heavy atom. The van der Waals surface area contributed by atoms with Gasteiger partial charge in [-0.25, -0.2) is 4.39 Å². The smallest absolute Gasteiger partial charge is 0.186 e. The third kappa shape index (κ3) is 4.89. The topological polar surface area (TPSA) is 80.5 Å². The number of aldehydes is 1. The molecule has 1 aromatic carbocycles. The van der Waals surface area contributed by atoms with Gasteiger partial charge >= 0.3 is 0 Å². The highest BCUT2D eigenvalue weighted by atomic mass is 32.2. The van der Waals surface area contributed by atoms with Crippen LogP contribution in [-0.2, 0) is 14.4 Å². The number of likely N-dealkylation sites (tertiary alicyclic amines) is 1. The van der Waals surface area contributed by atoms with Gasteiger partial charge in [0.05, 0.1) is 5.92 Å². The molecule has 5 nitrogen and oxygen atoms in total. The van der Waals surface area contributed by atoms with Crippen LogP contribution in [0.25, 0.3) is 0 Å². The summed E-state index contributed by atoms with van der Waals surface area (Å²) in [6.45, 7) is 5.98. The molecule has 1 saturated heterocycles. The number of allylic oxidation sites excluding steroid dienone is 1. The Morgan fingerprint density at radius 1 is 1.29 bits per heavy atom. The maximum absolute atomic E-state index is 14.5. The minimum atomic E-state index is -0.762. The minimum Gasteiger partial charge on any atom is -0.361 e. The molecule has 2 fully saturated rings. The van der Waals surface area contributed by atoms with Crippen molar-refractivity contribution in [2.24, 2.45) is 17.6 Å². The number of nitrogens with two attached hydrogens (primary N) is 1. The SMILES string of the molecule is C=C1C(C=O)C(SC(C)=O)CCN1C(C(=O)C1CC1)c1ccccc1F.CN. The van der Waals surface area contributed by atoms with Crippen molar-refractivity contribution in [1.29, 1.82) is 0 Å². The van der Waals surface area contributed by atoms with Gasteiger partial charge < -0.3 is 15.4 Å². The van der Waals surface area contributed by atoms with Crippen LogP contribution in [0, 0.1) is 17.7 Å². The number of hydrogen-bond donors (Lipinski definition) is 1. The molecule has 7 heteroatoms. The summed E-state index contributed by atoms with van der Waals surface area (Å²) in [5, 5.41) is -0.242. The van der Waals surface area contributed by atoms with E-state index in [4.69, 9.17) is 0 Å². The maximum atomic E-state index is 14.5. The predicted octanol–water partition coefficient (Wildman–Crippen LogP) is 3.10. The van der Waals surface area contributed by atoms with Crippen LogP contribution in [0.5, 0.6) is 0 Å².